The molecule has 6 heteroatoms. The summed E-state index contributed by atoms with van der Waals surface area (Å²) in [5, 5.41) is 2.36. The first-order valence-corrected chi connectivity index (χ1v) is 5.26. The van der Waals surface area contributed by atoms with Crippen molar-refractivity contribution in [3.8, 4) is 11.5 Å². The van der Waals surface area contributed by atoms with Crippen molar-refractivity contribution in [2.24, 2.45) is 0 Å². The smallest absolute Gasteiger partial charge is 0.325 e. The quantitative estimate of drug-likeness (QED) is 0.741. The number of nitrogens with one attached hydrogen (secondary N) is 1. The topological polar surface area (TPSA) is 73.9 Å². The number of amides is 1. The van der Waals surface area contributed by atoms with Crippen molar-refractivity contribution in [2.75, 3.05) is 27.4 Å². The van der Waals surface area contributed by atoms with E-state index in [2.05, 4.69) is 10.1 Å². The van der Waals surface area contributed by atoms with Crippen LogP contribution in [0.5, 0.6) is 11.5 Å². The second kappa shape index (κ2) is 7.16. The van der Waals surface area contributed by atoms with Crippen LogP contribution in [0.2, 0.25) is 0 Å². The maximum atomic E-state index is 11.3. The summed E-state index contributed by atoms with van der Waals surface area (Å²) in [6.45, 7) is -0.346. The first kappa shape index (κ1) is 13.8. The summed E-state index contributed by atoms with van der Waals surface area (Å²) in [6.07, 6.45) is 0. The van der Waals surface area contributed by atoms with Crippen molar-refractivity contribution >= 4 is 11.9 Å². The van der Waals surface area contributed by atoms with E-state index < -0.39 is 11.9 Å². The van der Waals surface area contributed by atoms with Crippen LogP contribution in [-0.2, 0) is 14.3 Å². The van der Waals surface area contributed by atoms with Crippen LogP contribution < -0.4 is 14.8 Å². The predicted molar refractivity (Wildman–Crippen MR) is 63.5 cm³/mol. The molecule has 0 fully saturated rings. The fourth-order valence-corrected chi connectivity index (χ4v) is 1.13. The Morgan fingerprint density at radius 2 is 1.94 bits per heavy atom. The monoisotopic (exact) mass is 253 g/mol. The van der Waals surface area contributed by atoms with Crippen LogP contribution in [0.4, 0.5) is 0 Å². The van der Waals surface area contributed by atoms with Crippen LogP contribution in [0.1, 0.15) is 0 Å². The summed E-state index contributed by atoms with van der Waals surface area (Å²) in [7, 11) is 2.80. The van der Waals surface area contributed by atoms with E-state index in [9.17, 15) is 9.59 Å². The molecule has 0 spiro atoms. The lowest BCUT2D eigenvalue weighted by Crippen LogP contribution is -2.33. The molecule has 1 aromatic carbocycles. The van der Waals surface area contributed by atoms with Crippen LogP contribution >= 0.6 is 0 Å². The Balaban J connectivity index is 2.35. The molecule has 0 aliphatic heterocycles. The average molecular weight is 253 g/mol. The minimum absolute atomic E-state index is 0.170. The molecule has 0 radical (unpaired) electrons. The van der Waals surface area contributed by atoms with Crippen molar-refractivity contribution in [1.29, 1.82) is 0 Å². The molecule has 98 valence electrons. The normalized spacial score (nSPS) is 9.44. The van der Waals surface area contributed by atoms with Gasteiger partial charge in [-0.25, -0.2) is 0 Å². The number of hydrogen-bond acceptors (Lipinski definition) is 5. The lowest BCUT2D eigenvalue weighted by Gasteiger charge is -2.07. The van der Waals surface area contributed by atoms with Gasteiger partial charge in [-0.15, -0.1) is 0 Å². The number of benzene rings is 1. The maximum absolute atomic E-state index is 11.3. The van der Waals surface area contributed by atoms with Gasteiger partial charge in [-0.1, -0.05) is 6.07 Å². The minimum atomic E-state index is -0.510. The molecule has 1 N–H and O–H groups in total. The first-order chi connectivity index (χ1) is 8.65. The molecule has 0 aliphatic carbocycles. The van der Waals surface area contributed by atoms with Crippen LogP contribution in [-0.4, -0.2) is 39.2 Å². The molecule has 1 rings (SSSR count). The van der Waals surface area contributed by atoms with E-state index in [0.717, 1.165) is 0 Å². The van der Waals surface area contributed by atoms with Gasteiger partial charge < -0.3 is 19.5 Å². The van der Waals surface area contributed by atoms with Gasteiger partial charge in [-0.2, -0.15) is 0 Å². The van der Waals surface area contributed by atoms with Crippen molar-refractivity contribution in [3.05, 3.63) is 24.3 Å². The van der Waals surface area contributed by atoms with Crippen molar-refractivity contribution < 1.29 is 23.8 Å². The molecule has 0 aromatic heterocycles. The summed E-state index contributed by atoms with van der Waals surface area (Å²) in [6, 6.07) is 6.88. The second-order valence-corrected chi connectivity index (χ2v) is 3.32. The highest BCUT2D eigenvalue weighted by Crippen LogP contribution is 2.18. The van der Waals surface area contributed by atoms with Gasteiger partial charge in [-0.05, 0) is 12.1 Å². The van der Waals surface area contributed by atoms with E-state index in [1.54, 1.807) is 31.4 Å². The molecule has 1 amide bonds. The van der Waals surface area contributed by atoms with E-state index in [-0.39, 0.29) is 13.2 Å². The zero-order chi connectivity index (χ0) is 13.4. The van der Waals surface area contributed by atoms with Crippen molar-refractivity contribution in [3.63, 3.8) is 0 Å². The Morgan fingerprint density at radius 1 is 1.22 bits per heavy atom. The molecule has 6 nitrogen and oxygen atoms in total. The van der Waals surface area contributed by atoms with Gasteiger partial charge in [0, 0.05) is 6.07 Å². The van der Waals surface area contributed by atoms with Gasteiger partial charge in [0.05, 0.1) is 14.2 Å². The summed E-state index contributed by atoms with van der Waals surface area (Å²) in [5.41, 5.74) is 0. The molecular formula is C12H15NO5. The first-order valence-electron chi connectivity index (χ1n) is 5.26. The molecule has 0 unspecified atom stereocenters. The number of methoxy groups -OCH3 is 2. The molecule has 0 bridgehead atoms. The Hall–Kier alpha value is -2.24. The molecule has 0 saturated heterocycles. The highest BCUT2D eigenvalue weighted by Gasteiger charge is 2.06. The zero-order valence-electron chi connectivity index (χ0n) is 10.3. The van der Waals surface area contributed by atoms with E-state index in [1.807, 2.05) is 0 Å². The zero-order valence-corrected chi connectivity index (χ0v) is 10.3. The molecule has 0 aliphatic rings. The van der Waals surface area contributed by atoms with Gasteiger partial charge >= 0.3 is 5.97 Å². The van der Waals surface area contributed by atoms with Crippen LogP contribution in [0.25, 0.3) is 0 Å². The third kappa shape index (κ3) is 4.73. The van der Waals surface area contributed by atoms with Gasteiger partial charge in [0.25, 0.3) is 5.91 Å². The largest absolute Gasteiger partial charge is 0.497 e. The molecular weight excluding hydrogens is 238 g/mol. The summed E-state index contributed by atoms with van der Waals surface area (Å²) in [4.78, 5) is 22.1. The molecule has 18 heavy (non-hydrogen) atoms. The molecule has 0 heterocycles. The van der Waals surface area contributed by atoms with Gasteiger partial charge in [0.2, 0.25) is 0 Å². The van der Waals surface area contributed by atoms with E-state index in [1.165, 1.54) is 7.11 Å². The Morgan fingerprint density at radius 3 is 2.61 bits per heavy atom. The van der Waals surface area contributed by atoms with E-state index in [0.29, 0.717) is 11.5 Å². The molecule has 0 atom stereocenters. The number of carbonyl (C=O) groups is 2. The van der Waals surface area contributed by atoms with Crippen molar-refractivity contribution in [1.82, 2.24) is 5.32 Å². The van der Waals surface area contributed by atoms with Crippen LogP contribution in [0, 0.1) is 0 Å². The standard InChI is InChI=1S/C12H15NO5/c1-16-9-4-3-5-10(6-9)18-8-11(14)13-7-12(15)17-2/h3-6H,7-8H2,1-2H3,(H,13,14). The average Bonchev–Trinajstić information content (AvgIpc) is 2.42. The number of esters is 1. The van der Waals surface area contributed by atoms with Gasteiger partial charge in [0.15, 0.2) is 6.61 Å². The van der Waals surface area contributed by atoms with Crippen LogP contribution in [0.3, 0.4) is 0 Å². The number of hydrogen-bond donors (Lipinski definition) is 1. The minimum Gasteiger partial charge on any atom is -0.497 e. The Kier molecular flexibility index (Phi) is 5.50. The fourth-order valence-electron chi connectivity index (χ4n) is 1.13. The maximum Gasteiger partial charge on any atom is 0.325 e. The third-order valence-electron chi connectivity index (χ3n) is 2.07. The van der Waals surface area contributed by atoms with Crippen molar-refractivity contribution in [2.45, 2.75) is 0 Å². The van der Waals surface area contributed by atoms with Crippen LogP contribution in [0.15, 0.2) is 24.3 Å². The van der Waals surface area contributed by atoms with E-state index in [4.69, 9.17) is 9.47 Å². The summed E-state index contributed by atoms with van der Waals surface area (Å²) >= 11 is 0. The number of ether oxygens (including phenoxy) is 3. The fraction of sp³-hybridized carbons (Fsp3) is 0.333. The van der Waals surface area contributed by atoms with E-state index >= 15 is 0 Å². The molecule has 1 aromatic rings. The number of carbonyl (C=O) groups excluding carboxylic acids is 2. The lowest BCUT2D eigenvalue weighted by molar-refractivity contribution is -0.141. The Bertz CT molecular complexity index is 419. The highest BCUT2D eigenvalue weighted by molar-refractivity contribution is 5.82. The SMILES string of the molecule is COC(=O)CNC(=O)COc1cccc(OC)c1. The lowest BCUT2D eigenvalue weighted by atomic mass is 10.3. The predicted octanol–water partition coefficient (Wildman–Crippen LogP) is 0.363. The molecule has 0 saturated carbocycles. The highest BCUT2D eigenvalue weighted by atomic mass is 16.5. The summed E-state index contributed by atoms with van der Waals surface area (Å²) in [5.74, 6) is 0.248. The van der Waals surface area contributed by atoms with Gasteiger partial charge in [-0.3, -0.25) is 9.59 Å². The Labute approximate surface area is 105 Å². The van der Waals surface area contributed by atoms with Gasteiger partial charge in [0.1, 0.15) is 18.0 Å². The number of rotatable bonds is 6. The summed E-state index contributed by atoms with van der Waals surface area (Å²) < 4.78 is 14.6. The third-order valence-corrected chi connectivity index (χ3v) is 2.07. The second-order valence-electron chi connectivity index (χ2n) is 3.32.